The van der Waals surface area contributed by atoms with Gasteiger partial charge >= 0.3 is 11.5 Å². The average molecular weight is 454 g/mol. The van der Waals surface area contributed by atoms with Crippen LogP contribution in [0.2, 0.25) is 0 Å². The van der Waals surface area contributed by atoms with Crippen molar-refractivity contribution < 1.29 is 14.1 Å². The molecule has 170 valence electrons. The van der Waals surface area contributed by atoms with Crippen molar-refractivity contribution in [3.05, 3.63) is 101 Å². The highest BCUT2D eigenvalue weighted by Crippen LogP contribution is 2.28. The van der Waals surface area contributed by atoms with Crippen molar-refractivity contribution in [3.8, 4) is 11.5 Å². The summed E-state index contributed by atoms with van der Waals surface area (Å²) in [6.45, 7) is 3.87. The number of ether oxygens (including phenoxy) is 1. The molecule has 1 N–H and O–H groups in total. The number of rotatable bonds is 6. The van der Waals surface area contributed by atoms with Gasteiger partial charge in [0.15, 0.2) is 18.3 Å². The zero-order valence-corrected chi connectivity index (χ0v) is 19.1. The van der Waals surface area contributed by atoms with Crippen molar-refractivity contribution in [1.29, 1.82) is 0 Å². The van der Waals surface area contributed by atoms with Crippen LogP contribution in [-0.2, 0) is 17.8 Å². The second-order valence-electron chi connectivity index (χ2n) is 8.19. The number of aromatic nitrogens is 2. The number of fused-ring (bicyclic) bond motifs is 3. The zero-order valence-electron chi connectivity index (χ0n) is 19.1. The molecule has 1 aliphatic carbocycles. The summed E-state index contributed by atoms with van der Waals surface area (Å²) in [6, 6.07) is 16.5. The van der Waals surface area contributed by atoms with Crippen LogP contribution >= 0.6 is 0 Å². The first-order valence-corrected chi connectivity index (χ1v) is 11.3. The third-order valence-electron chi connectivity index (χ3n) is 6.03. The van der Waals surface area contributed by atoms with E-state index in [-0.39, 0.29) is 24.1 Å². The van der Waals surface area contributed by atoms with Gasteiger partial charge in [-0.05, 0) is 61.9 Å². The minimum absolute atomic E-state index is 0.0492. The minimum atomic E-state index is -0.232. The molecule has 1 aliphatic heterocycles. The van der Waals surface area contributed by atoms with E-state index in [2.05, 4.69) is 5.32 Å². The van der Waals surface area contributed by atoms with Crippen molar-refractivity contribution in [1.82, 2.24) is 4.57 Å². The summed E-state index contributed by atoms with van der Waals surface area (Å²) in [7, 11) is 0. The van der Waals surface area contributed by atoms with Crippen LogP contribution in [0.15, 0.2) is 88.7 Å². The van der Waals surface area contributed by atoms with Crippen LogP contribution in [-0.4, -0.2) is 16.2 Å². The molecule has 5 rings (SSSR count). The standard InChI is InChI=1S/C27H24N4O3/c1-3-22-18(2)30(27-29-23-11-7-8-12-24(23)31(27)26(22)33)17-25(32)28-19-13-15-21(16-14-19)34-20-9-5-4-6-10-20/h4-16,24H,3,17H2,1-2H3/p+1. The fourth-order valence-corrected chi connectivity index (χ4v) is 4.33. The third-order valence-corrected chi connectivity index (χ3v) is 6.03. The molecule has 34 heavy (non-hydrogen) atoms. The Morgan fingerprint density at radius 2 is 1.82 bits per heavy atom. The fourth-order valence-electron chi connectivity index (χ4n) is 4.33. The number of carbonyl (C=O) groups excluding carboxylic acids is 1. The number of anilines is 1. The maximum atomic E-state index is 13.2. The highest BCUT2D eigenvalue weighted by molar-refractivity contribution is 6.03. The van der Waals surface area contributed by atoms with Crippen molar-refractivity contribution in [3.63, 3.8) is 0 Å². The van der Waals surface area contributed by atoms with Gasteiger partial charge in [0.25, 0.3) is 5.91 Å². The van der Waals surface area contributed by atoms with Gasteiger partial charge in [0, 0.05) is 5.69 Å². The van der Waals surface area contributed by atoms with Crippen LogP contribution in [0, 0.1) is 6.92 Å². The number of para-hydroxylation sites is 1. The molecule has 0 radical (unpaired) electrons. The lowest BCUT2D eigenvalue weighted by Gasteiger charge is -2.14. The SMILES string of the molecule is CCc1c(C)[n+](CC(=O)Nc2ccc(Oc3ccccc3)cc2)c2n(c1=O)C1C=CC=CC1=N2. The summed E-state index contributed by atoms with van der Waals surface area (Å²) >= 11 is 0. The zero-order chi connectivity index (χ0) is 23.7. The Morgan fingerprint density at radius 3 is 2.56 bits per heavy atom. The number of hydrogen-bond donors (Lipinski definition) is 1. The first kappa shape index (κ1) is 21.6. The molecule has 1 aromatic heterocycles. The Labute approximate surface area is 197 Å². The molecule has 0 bridgehead atoms. The van der Waals surface area contributed by atoms with Crippen LogP contribution in [0.1, 0.15) is 24.2 Å². The third kappa shape index (κ3) is 3.96. The lowest BCUT2D eigenvalue weighted by molar-refractivity contribution is -0.681. The largest absolute Gasteiger partial charge is 0.457 e. The predicted octanol–water partition coefficient (Wildman–Crippen LogP) is 4.19. The van der Waals surface area contributed by atoms with Gasteiger partial charge in [-0.3, -0.25) is 9.59 Å². The topological polar surface area (TPSA) is 76.6 Å². The Bertz CT molecular complexity index is 1400. The van der Waals surface area contributed by atoms with E-state index in [0.29, 0.717) is 29.4 Å². The van der Waals surface area contributed by atoms with Crippen molar-refractivity contribution in [2.45, 2.75) is 32.9 Å². The highest BCUT2D eigenvalue weighted by Gasteiger charge is 2.38. The second kappa shape index (κ2) is 8.94. The van der Waals surface area contributed by atoms with Gasteiger partial charge in [-0.25, -0.2) is 4.57 Å². The molecule has 2 aliphatic rings. The molecule has 7 heteroatoms. The fraction of sp³-hybridized carbons (Fsp3) is 0.185. The Balaban J connectivity index is 1.38. The number of nitrogens with one attached hydrogen (secondary N) is 1. The number of hydrogen-bond acceptors (Lipinski definition) is 4. The van der Waals surface area contributed by atoms with Crippen LogP contribution in [0.5, 0.6) is 11.5 Å². The van der Waals surface area contributed by atoms with Gasteiger partial charge in [-0.1, -0.05) is 42.3 Å². The number of aliphatic imine (C=N–C) groups is 1. The molecule has 0 saturated carbocycles. The maximum absolute atomic E-state index is 13.2. The molecule has 7 nitrogen and oxygen atoms in total. The first-order valence-electron chi connectivity index (χ1n) is 11.3. The Kier molecular flexibility index (Phi) is 5.67. The molecule has 0 spiro atoms. The maximum Gasteiger partial charge on any atom is 0.403 e. The van der Waals surface area contributed by atoms with E-state index in [1.54, 1.807) is 16.7 Å². The molecule has 0 fully saturated rings. The van der Waals surface area contributed by atoms with Crippen LogP contribution in [0.4, 0.5) is 11.6 Å². The number of allylic oxidation sites excluding steroid dienone is 4. The average Bonchev–Trinajstić information content (AvgIpc) is 3.24. The molecule has 0 saturated heterocycles. The van der Waals surface area contributed by atoms with E-state index in [0.717, 1.165) is 17.2 Å². The van der Waals surface area contributed by atoms with E-state index in [4.69, 9.17) is 9.73 Å². The number of nitrogens with zero attached hydrogens (tertiary/aromatic N) is 3. The summed E-state index contributed by atoms with van der Waals surface area (Å²) in [5, 5.41) is 2.94. The first-order chi connectivity index (χ1) is 16.5. The van der Waals surface area contributed by atoms with E-state index < -0.39 is 0 Å². The Hall–Kier alpha value is -4.26. The lowest BCUT2D eigenvalue weighted by atomic mass is 10.1. The summed E-state index contributed by atoms with van der Waals surface area (Å²) in [4.78, 5) is 30.8. The molecular weight excluding hydrogens is 428 g/mol. The van der Waals surface area contributed by atoms with E-state index in [1.165, 1.54) is 0 Å². The minimum Gasteiger partial charge on any atom is -0.457 e. The summed E-state index contributed by atoms with van der Waals surface area (Å²) in [5.74, 6) is 1.73. The van der Waals surface area contributed by atoms with Crippen molar-refractivity contribution >= 4 is 23.3 Å². The summed E-state index contributed by atoms with van der Waals surface area (Å²) < 4.78 is 9.32. The summed E-state index contributed by atoms with van der Waals surface area (Å²) in [5.41, 5.74) is 2.87. The molecule has 1 amide bonds. The van der Waals surface area contributed by atoms with E-state index in [9.17, 15) is 9.59 Å². The predicted molar refractivity (Wildman–Crippen MR) is 131 cm³/mol. The lowest BCUT2D eigenvalue weighted by Crippen LogP contribution is -2.49. The van der Waals surface area contributed by atoms with Gasteiger partial charge in [0.2, 0.25) is 0 Å². The van der Waals surface area contributed by atoms with Gasteiger partial charge in [0.05, 0.1) is 11.3 Å². The highest BCUT2D eigenvalue weighted by atomic mass is 16.5. The molecular formula is C27H25N4O3+. The monoisotopic (exact) mass is 453 g/mol. The van der Waals surface area contributed by atoms with E-state index >= 15 is 0 Å². The Morgan fingerprint density at radius 1 is 1.09 bits per heavy atom. The number of amides is 1. The molecule has 1 unspecified atom stereocenters. The van der Waals surface area contributed by atoms with Gasteiger partial charge in [-0.2, -0.15) is 4.57 Å². The number of benzene rings is 2. The van der Waals surface area contributed by atoms with Crippen molar-refractivity contribution in [2.75, 3.05) is 5.32 Å². The number of carbonyl (C=O) groups is 1. The molecule has 1 atom stereocenters. The van der Waals surface area contributed by atoms with Gasteiger partial charge < -0.3 is 10.1 Å². The van der Waals surface area contributed by atoms with Crippen LogP contribution in [0.25, 0.3) is 0 Å². The van der Waals surface area contributed by atoms with Crippen LogP contribution in [0.3, 0.4) is 0 Å². The second-order valence-corrected chi connectivity index (χ2v) is 8.19. The molecule has 2 aromatic carbocycles. The van der Waals surface area contributed by atoms with Gasteiger partial charge in [0.1, 0.15) is 11.5 Å². The quantitative estimate of drug-likeness (QED) is 0.569. The normalized spacial score (nSPS) is 15.5. The summed E-state index contributed by atoms with van der Waals surface area (Å²) in [6.07, 6.45) is 8.26. The molecule has 3 aromatic rings. The molecule has 2 heterocycles. The van der Waals surface area contributed by atoms with Crippen LogP contribution < -0.4 is 20.2 Å². The van der Waals surface area contributed by atoms with Crippen molar-refractivity contribution in [2.24, 2.45) is 4.99 Å². The van der Waals surface area contributed by atoms with Gasteiger partial charge in [-0.15, -0.1) is 0 Å². The smallest absolute Gasteiger partial charge is 0.403 e. The van der Waals surface area contributed by atoms with E-state index in [1.807, 2.05) is 85.2 Å².